The molecule has 0 N–H and O–H groups in total. The van der Waals surface area contributed by atoms with E-state index in [1.165, 1.54) is 25.7 Å². The van der Waals surface area contributed by atoms with Crippen molar-refractivity contribution in [2.75, 3.05) is 0 Å². The Kier molecular flexibility index (Phi) is 2.05. The SMILES string of the molecule is CC(CC1(C)CC1)C1C(C)C2CC(C)C21. The van der Waals surface area contributed by atoms with E-state index >= 15 is 0 Å². The molecule has 0 aromatic heterocycles. The Bertz CT molecular complexity index is 263. The quantitative estimate of drug-likeness (QED) is 0.644. The molecule has 0 heteroatoms. The van der Waals surface area contributed by atoms with Gasteiger partial charge in [-0.3, -0.25) is 0 Å². The van der Waals surface area contributed by atoms with E-state index in [2.05, 4.69) is 27.7 Å². The van der Waals surface area contributed by atoms with Crippen LogP contribution in [-0.4, -0.2) is 0 Å². The molecule has 6 atom stereocenters. The third kappa shape index (κ3) is 1.40. The van der Waals surface area contributed by atoms with Crippen molar-refractivity contribution >= 4 is 0 Å². The molecule has 3 aliphatic carbocycles. The molecule has 3 saturated carbocycles. The predicted octanol–water partition coefficient (Wildman–Crippen LogP) is 4.35. The Morgan fingerprint density at radius 2 is 1.93 bits per heavy atom. The minimum absolute atomic E-state index is 0.761. The summed E-state index contributed by atoms with van der Waals surface area (Å²) in [6.45, 7) is 10.0. The van der Waals surface area contributed by atoms with Gasteiger partial charge in [-0.15, -0.1) is 0 Å². The largest absolute Gasteiger partial charge is 0.0622 e. The van der Waals surface area contributed by atoms with Crippen LogP contribution < -0.4 is 0 Å². The zero-order valence-corrected chi connectivity index (χ0v) is 10.8. The van der Waals surface area contributed by atoms with Gasteiger partial charge in [-0.1, -0.05) is 27.7 Å². The van der Waals surface area contributed by atoms with Crippen LogP contribution in [0, 0.1) is 40.9 Å². The van der Waals surface area contributed by atoms with Crippen LogP contribution in [0.5, 0.6) is 0 Å². The lowest BCUT2D eigenvalue weighted by molar-refractivity contribution is -0.162. The normalized spacial score (nSPS) is 52.4. The molecule has 0 heterocycles. The van der Waals surface area contributed by atoms with Gasteiger partial charge in [-0.2, -0.15) is 0 Å². The number of hydrogen-bond donors (Lipinski definition) is 0. The van der Waals surface area contributed by atoms with E-state index in [0.717, 1.165) is 40.9 Å². The molecule has 0 aliphatic heterocycles. The second-order valence-electron chi connectivity index (χ2n) is 7.38. The highest BCUT2D eigenvalue weighted by Crippen LogP contribution is 2.65. The fraction of sp³-hybridized carbons (Fsp3) is 1.00. The Labute approximate surface area is 94.8 Å². The average Bonchev–Trinajstić information content (AvgIpc) is 2.86. The molecule has 0 saturated heterocycles. The van der Waals surface area contributed by atoms with Crippen molar-refractivity contribution in [3.8, 4) is 0 Å². The zero-order valence-electron chi connectivity index (χ0n) is 10.8. The fourth-order valence-electron chi connectivity index (χ4n) is 4.92. The van der Waals surface area contributed by atoms with Crippen LogP contribution >= 0.6 is 0 Å². The Morgan fingerprint density at radius 3 is 2.47 bits per heavy atom. The third-order valence-corrected chi connectivity index (χ3v) is 6.10. The van der Waals surface area contributed by atoms with Crippen molar-refractivity contribution in [1.29, 1.82) is 0 Å². The summed E-state index contributed by atoms with van der Waals surface area (Å²) in [7, 11) is 0. The summed E-state index contributed by atoms with van der Waals surface area (Å²) in [6, 6.07) is 0. The van der Waals surface area contributed by atoms with Gasteiger partial charge in [0.05, 0.1) is 0 Å². The molecule has 3 rings (SSSR count). The highest BCUT2D eigenvalue weighted by atomic mass is 14.6. The van der Waals surface area contributed by atoms with Crippen molar-refractivity contribution in [3.05, 3.63) is 0 Å². The molecule has 3 aliphatic rings. The summed E-state index contributed by atoms with van der Waals surface area (Å²) in [4.78, 5) is 0. The van der Waals surface area contributed by atoms with E-state index in [-0.39, 0.29) is 0 Å². The van der Waals surface area contributed by atoms with Gasteiger partial charge in [-0.05, 0) is 66.6 Å². The van der Waals surface area contributed by atoms with Crippen LogP contribution in [0.4, 0.5) is 0 Å². The minimum atomic E-state index is 0.761. The van der Waals surface area contributed by atoms with Gasteiger partial charge in [0.25, 0.3) is 0 Å². The molecule has 0 amide bonds. The van der Waals surface area contributed by atoms with Gasteiger partial charge in [0, 0.05) is 0 Å². The smallest absolute Gasteiger partial charge is 0.0323 e. The monoisotopic (exact) mass is 206 g/mol. The molecule has 0 aromatic carbocycles. The second-order valence-corrected chi connectivity index (χ2v) is 7.38. The van der Waals surface area contributed by atoms with Crippen molar-refractivity contribution < 1.29 is 0 Å². The number of hydrogen-bond acceptors (Lipinski definition) is 0. The fourth-order valence-corrected chi connectivity index (χ4v) is 4.92. The number of rotatable bonds is 3. The minimum Gasteiger partial charge on any atom is -0.0622 e. The first-order valence-electron chi connectivity index (χ1n) is 7.02. The first kappa shape index (κ1) is 10.2. The summed E-state index contributed by atoms with van der Waals surface area (Å²) in [5.74, 6) is 6.42. The first-order valence-corrected chi connectivity index (χ1v) is 7.02. The maximum Gasteiger partial charge on any atom is -0.0323 e. The lowest BCUT2D eigenvalue weighted by atomic mass is 9.41. The van der Waals surface area contributed by atoms with Crippen molar-refractivity contribution in [1.82, 2.24) is 0 Å². The zero-order chi connectivity index (χ0) is 10.8. The van der Waals surface area contributed by atoms with Crippen LogP contribution in [0.1, 0.15) is 53.4 Å². The second kappa shape index (κ2) is 3.02. The highest BCUT2D eigenvalue weighted by molar-refractivity contribution is 5.07. The number of fused-ring (bicyclic) bond motifs is 1. The summed E-state index contributed by atoms with van der Waals surface area (Å²) in [5.41, 5.74) is 0.761. The summed E-state index contributed by atoms with van der Waals surface area (Å²) in [6.07, 6.45) is 6.05. The summed E-state index contributed by atoms with van der Waals surface area (Å²) in [5, 5.41) is 0. The third-order valence-electron chi connectivity index (χ3n) is 6.10. The molecular formula is C15H26. The van der Waals surface area contributed by atoms with Crippen LogP contribution in [-0.2, 0) is 0 Å². The maximum absolute atomic E-state index is 2.53. The van der Waals surface area contributed by atoms with E-state index < -0.39 is 0 Å². The van der Waals surface area contributed by atoms with E-state index in [9.17, 15) is 0 Å². The van der Waals surface area contributed by atoms with E-state index in [1.807, 2.05) is 0 Å². The first-order chi connectivity index (χ1) is 7.02. The summed E-state index contributed by atoms with van der Waals surface area (Å²) < 4.78 is 0. The average molecular weight is 206 g/mol. The van der Waals surface area contributed by atoms with Crippen LogP contribution in [0.15, 0.2) is 0 Å². The lowest BCUT2D eigenvalue weighted by Gasteiger charge is -2.64. The molecule has 0 bridgehead atoms. The molecule has 3 fully saturated rings. The van der Waals surface area contributed by atoms with Gasteiger partial charge < -0.3 is 0 Å². The van der Waals surface area contributed by atoms with E-state index in [4.69, 9.17) is 0 Å². The van der Waals surface area contributed by atoms with Crippen molar-refractivity contribution in [2.45, 2.75) is 53.4 Å². The van der Waals surface area contributed by atoms with Gasteiger partial charge in [0.1, 0.15) is 0 Å². The van der Waals surface area contributed by atoms with Gasteiger partial charge in [-0.25, -0.2) is 0 Å². The maximum atomic E-state index is 2.53. The van der Waals surface area contributed by atoms with Gasteiger partial charge >= 0.3 is 0 Å². The van der Waals surface area contributed by atoms with Crippen molar-refractivity contribution in [3.63, 3.8) is 0 Å². The molecule has 0 spiro atoms. The predicted molar refractivity (Wildman–Crippen MR) is 64.5 cm³/mol. The highest BCUT2D eigenvalue weighted by Gasteiger charge is 2.58. The molecule has 0 nitrogen and oxygen atoms in total. The molecular weight excluding hydrogens is 180 g/mol. The molecule has 0 radical (unpaired) electrons. The van der Waals surface area contributed by atoms with Gasteiger partial charge in [0.15, 0.2) is 0 Å². The van der Waals surface area contributed by atoms with Crippen LogP contribution in [0.25, 0.3) is 0 Å². The summed E-state index contributed by atoms with van der Waals surface area (Å²) >= 11 is 0. The van der Waals surface area contributed by atoms with Gasteiger partial charge in [0.2, 0.25) is 0 Å². The Balaban J connectivity index is 1.62. The molecule has 6 unspecified atom stereocenters. The Hall–Kier alpha value is 0. The standard InChI is InChI=1S/C15H26/c1-9-7-12-11(3)13(14(9)12)10(2)8-15(4)5-6-15/h9-14H,5-8H2,1-4H3. The Morgan fingerprint density at radius 1 is 1.27 bits per heavy atom. The molecule has 15 heavy (non-hydrogen) atoms. The topological polar surface area (TPSA) is 0 Å². The van der Waals surface area contributed by atoms with Crippen molar-refractivity contribution in [2.24, 2.45) is 40.9 Å². The van der Waals surface area contributed by atoms with Crippen LogP contribution in [0.2, 0.25) is 0 Å². The lowest BCUT2D eigenvalue weighted by Crippen LogP contribution is -2.58. The van der Waals surface area contributed by atoms with Crippen LogP contribution in [0.3, 0.4) is 0 Å². The molecule has 0 aromatic rings. The van der Waals surface area contributed by atoms with E-state index in [0.29, 0.717) is 0 Å². The molecule has 86 valence electrons. The van der Waals surface area contributed by atoms with E-state index in [1.54, 1.807) is 0 Å².